The van der Waals surface area contributed by atoms with E-state index in [2.05, 4.69) is 25.2 Å². The van der Waals surface area contributed by atoms with Gasteiger partial charge < -0.3 is 10.4 Å². The van der Waals surface area contributed by atoms with Gasteiger partial charge in [-0.3, -0.25) is 0 Å². The van der Waals surface area contributed by atoms with Crippen LogP contribution in [-0.2, 0) is 0 Å². The smallest absolute Gasteiger partial charge is 0.0727 e. The fourth-order valence-corrected chi connectivity index (χ4v) is 1.48. The van der Waals surface area contributed by atoms with Crippen molar-refractivity contribution in [3.63, 3.8) is 0 Å². The summed E-state index contributed by atoms with van der Waals surface area (Å²) >= 11 is 0. The average molecular weight is 169 g/mol. The Labute approximate surface area is 74.7 Å². The molecule has 0 saturated carbocycles. The van der Waals surface area contributed by atoms with Gasteiger partial charge in [0.1, 0.15) is 0 Å². The highest BCUT2D eigenvalue weighted by molar-refractivity contribution is 5.10. The van der Waals surface area contributed by atoms with Crippen molar-refractivity contribution in [2.75, 3.05) is 6.54 Å². The molecule has 0 saturated heterocycles. The SMILES string of the molecule is CC(C)C1=CCN[C@@H](C)[C@@H](O)C1. The van der Waals surface area contributed by atoms with Gasteiger partial charge in [-0.25, -0.2) is 0 Å². The molecule has 1 rings (SSSR count). The molecule has 0 aromatic carbocycles. The summed E-state index contributed by atoms with van der Waals surface area (Å²) in [7, 11) is 0. The maximum atomic E-state index is 9.67. The van der Waals surface area contributed by atoms with E-state index >= 15 is 0 Å². The van der Waals surface area contributed by atoms with E-state index < -0.39 is 0 Å². The minimum Gasteiger partial charge on any atom is -0.391 e. The Morgan fingerprint density at radius 2 is 2.25 bits per heavy atom. The highest BCUT2D eigenvalue weighted by atomic mass is 16.3. The van der Waals surface area contributed by atoms with Crippen LogP contribution in [0.3, 0.4) is 0 Å². The highest BCUT2D eigenvalue weighted by Crippen LogP contribution is 2.19. The molecular weight excluding hydrogens is 150 g/mol. The zero-order valence-corrected chi connectivity index (χ0v) is 8.17. The molecule has 2 atom stereocenters. The first-order chi connectivity index (χ1) is 5.61. The van der Waals surface area contributed by atoms with Crippen LogP contribution in [0.5, 0.6) is 0 Å². The van der Waals surface area contributed by atoms with Gasteiger partial charge in [-0.2, -0.15) is 0 Å². The summed E-state index contributed by atoms with van der Waals surface area (Å²) in [5, 5.41) is 12.9. The van der Waals surface area contributed by atoms with E-state index in [4.69, 9.17) is 0 Å². The van der Waals surface area contributed by atoms with Crippen molar-refractivity contribution in [1.29, 1.82) is 0 Å². The van der Waals surface area contributed by atoms with Crippen LogP contribution in [0.4, 0.5) is 0 Å². The van der Waals surface area contributed by atoms with Crippen LogP contribution in [0, 0.1) is 5.92 Å². The summed E-state index contributed by atoms with van der Waals surface area (Å²) in [6.45, 7) is 7.27. The fourth-order valence-electron chi connectivity index (χ4n) is 1.48. The summed E-state index contributed by atoms with van der Waals surface area (Å²) in [6, 6.07) is 0.220. The molecule has 0 radical (unpaired) electrons. The molecule has 0 amide bonds. The number of rotatable bonds is 1. The third-order valence-electron chi connectivity index (χ3n) is 2.57. The lowest BCUT2D eigenvalue weighted by atomic mass is 9.96. The van der Waals surface area contributed by atoms with Gasteiger partial charge in [0.15, 0.2) is 0 Å². The molecular formula is C10H19NO. The second-order valence-corrected chi connectivity index (χ2v) is 3.90. The molecule has 0 unspecified atom stereocenters. The fraction of sp³-hybridized carbons (Fsp3) is 0.800. The van der Waals surface area contributed by atoms with Crippen molar-refractivity contribution < 1.29 is 5.11 Å². The van der Waals surface area contributed by atoms with Crippen molar-refractivity contribution in [2.24, 2.45) is 5.92 Å². The Balaban J connectivity index is 2.60. The van der Waals surface area contributed by atoms with Gasteiger partial charge >= 0.3 is 0 Å². The van der Waals surface area contributed by atoms with E-state index in [9.17, 15) is 5.11 Å². The monoisotopic (exact) mass is 169 g/mol. The summed E-state index contributed by atoms with van der Waals surface area (Å²) in [4.78, 5) is 0. The molecule has 2 N–H and O–H groups in total. The van der Waals surface area contributed by atoms with Crippen molar-refractivity contribution >= 4 is 0 Å². The summed E-state index contributed by atoms with van der Waals surface area (Å²) < 4.78 is 0. The third-order valence-corrected chi connectivity index (χ3v) is 2.57. The Morgan fingerprint density at radius 3 is 2.83 bits per heavy atom. The van der Waals surface area contributed by atoms with Crippen LogP contribution < -0.4 is 5.32 Å². The van der Waals surface area contributed by atoms with Gasteiger partial charge in [-0.1, -0.05) is 25.5 Å². The number of aliphatic hydroxyl groups excluding tert-OH is 1. The second kappa shape index (κ2) is 4.06. The highest BCUT2D eigenvalue weighted by Gasteiger charge is 2.19. The third kappa shape index (κ3) is 2.32. The van der Waals surface area contributed by atoms with Crippen LogP contribution in [0.1, 0.15) is 27.2 Å². The number of aliphatic hydroxyl groups is 1. The number of nitrogens with one attached hydrogen (secondary N) is 1. The Morgan fingerprint density at radius 1 is 1.58 bits per heavy atom. The molecule has 70 valence electrons. The van der Waals surface area contributed by atoms with E-state index in [-0.39, 0.29) is 12.1 Å². The van der Waals surface area contributed by atoms with E-state index in [1.807, 2.05) is 6.92 Å². The van der Waals surface area contributed by atoms with Crippen LogP contribution in [0.15, 0.2) is 11.6 Å². The molecule has 0 bridgehead atoms. The summed E-state index contributed by atoms with van der Waals surface area (Å²) in [5.74, 6) is 0.562. The minimum atomic E-state index is -0.221. The van der Waals surface area contributed by atoms with Crippen molar-refractivity contribution in [1.82, 2.24) is 5.32 Å². The first-order valence-electron chi connectivity index (χ1n) is 4.71. The molecule has 1 aliphatic heterocycles. The van der Waals surface area contributed by atoms with Gasteiger partial charge in [0.05, 0.1) is 6.10 Å². The van der Waals surface area contributed by atoms with Crippen LogP contribution >= 0.6 is 0 Å². The van der Waals surface area contributed by atoms with E-state index in [0.29, 0.717) is 5.92 Å². The van der Waals surface area contributed by atoms with Gasteiger partial charge in [-0.15, -0.1) is 0 Å². The average Bonchev–Trinajstić information content (AvgIpc) is 2.15. The standard InChI is InChI=1S/C10H19NO/c1-7(2)9-4-5-11-8(3)10(12)6-9/h4,7-8,10-12H,5-6H2,1-3H3/t8-,10-/m0/s1. The van der Waals surface area contributed by atoms with Crippen LogP contribution in [-0.4, -0.2) is 23.8 Å². The first-order valence-corrected chi connectivity index (χ1v) is 4.71. The summed E-state index contributed by atoms with van der Waals surface area (Å²) in [5.41, 5.74) is 1.37. The predicted octanol–water partition coefficient (Wildman–Crippen LogP) is 1.31. The maximum absolute atomic E-state index is 9.67. The molecule has 1 heterocycles. The van der Waals surface area contributed by atoms with Gasteiger partial charge in [0.25, 0.3) is 0 Å². The van der Waals surface area contributed by atoms with Gasteiger partial charge in [0, 0.05) is 12.6 Å². The summed E-state index contributed by atoms with van der Waals surface area (Å²) in [6.07, 6.45) is 2.81. The van der Waals surface area contributed by atoms with Gasteiger partial charge in [-0.05, 0) is 19.3 Å². The van der Waals surface area contributed by atoms with Crippen LogP contribution in [0.2, 0.25) is 0 Å². The zero-order chi connectivity index (χ0) is 9.14. The molecule has 0 aromatic heterocycles. The lowest BCUT2D eigenvalue weighted by Gasteiger charge is -2.18. The largest absolute Gasteiger partial charge is 0.391 e. The normalized spacial score (nSPS) is 31.6. The quantitative estimate of drug-likeness (QED) is 0.580. The predicted molar refractivity (Wildman–Crippen MR) is 51.0 cm³/mol. The maximum Gasteiger partial charge on any atom is 0.0727 e. The Kier molecular flexibility index (Phi) is 3.29. The molecule has 0 aliphatic carbocycles. The zero-order valence-electron chi connectivity index (χ0n) is 8.17. The number of hydrogen-bond acceptors (Lipinski definition) is 2. The molecule has 0 spiro atoms. The van der Waals surface area contributed by atoms with Crippen molar-refractivity contribution in [2.45, 2.75) is 39.3 Å². The van der Waals surface area contributed by atoms with E-state index in [0.717, 1.165) is 13.0 Å². The lowest BCUT2D eigenvalue weighted by molar-refractivity contribution is 0.137. The molecule has 12 heavy (non-hydrogen) atoms. The lowest BCUT2D eigenvalue weighted by Crippen LogP contribution is -2.35. The molecule has 2 nitrogen and oxygen atoms in total. The minimum absolute atomic E-state index is 0.220. The number of hydrogen-bond donors (Lipinski definition) is 2. The Bertz CT molecular complexity index is 175. The van der Waals surface area contributed by atoms with Crippen LogP contribution in [0.25, 0.3) is 0 Å². The molecule has 2 heteroatoms. The second-order valence-electron chi connectivity index (χ2n) is 3.90. The molecule has 0 aromatic rings. The van der Waals surface area contributed by atoms with Crippen molar-refractivity contribution in [3.8, 4) is 0 Å². The van der Waals surface area contributed by atoms with Gasteiger partial charge in [0.2, 0.25) is 0 Å². The van der Waals surface area contributed by atoms with Crippen molar-refractivity contribution in [3.05, 3.63) is 11.6 Å². The first kappa shape index (κ1) is 9.75. The molecule has 0 fully saturated rings. The van der Waals surface area contributed by atoms with E-state index in [1.165, 1.54) is 5.57 Å². The van der Waals surface area contributed by atoms with E-state index in [1.54, 1.807) is 0 Å². The topological polar surface area (TPSA) is 32.3 Å². The molecule has 1 aliphatic rings. The Hall–Kier alpha value is -0.340.